The van der Waals surface area contributed by atoms with Crippen LogP contribution >= 0.6 is 0 Å². The summed E-state index contributed by atoms with van der Waals surface area (Å²) in [6.45, 7) is 2.00. The van der Waals surface area contributed by atoms with E-state index in [2.05, 4.69) is 16.0 Å². The minimum absolute atomic E-state index is 0.0948. The molecule has 2 fully saturated rings. The topological polar surface area (TPSA) is 79.5 Å². The Kier molecular flexibility index (Phi) is 5.05. The maximum Gasteiger partial charge on any atom is 0.255 e. The Labute approximate surface area is 164 Å². The van der Waals surface area contributed by atoms with E-state index >= 15 is 0 Å². The van der Waals surface area contributed by atoms with Crippen molar-refractivity contribution < 1.29 is 14.3 Å². The second kappa shape index (κ2) is 7.64. The minimum Gasteiger partial charge on any atom is -0.497 e. The number of benzene rings is 2. The first-order valence-electron chi connectivity index (χ1n) is 9.67. The van der Waals surface area contributed by atoms with Crippen LogP contribution in [0.4, 0.5) is 11.4 Å². The highest BCUT2D eigenvalue weighted by atomic mass is 16.5. The molecule has 6 heteroatoms. The van der Waals surface area contributed by atoms with Gasteiger partial charge in [0, 0.05) is 22.9 Å². The molecule has 1 heterocycles. The first kappa shape index (κ1) is 18.5. The molecule has 0 bridgehead atoms. The van der Waals surface area contributed by atoms with Gasteiger partial charge in [0.1, 0.15) is 5.75 Å². The van der Waals surface area contributed by atoms with Crippen LogP contribution in [0.5, 0.6) is 5.75 Å². The highest BCUT2D eigenvalue weighted by Gasteiger charge is 2.57. The predicted molar refractivity (Wildman–Crippen MR) is 109 cm³/mol. The van der Waals surface area contributed by atoms with Crippen LogP contribution in [-0.2, 0) is 4.79 Å². The summed E-state index contributed by atoms with van der Waals surface area (Å²) in [6, 6.07) is 14.2. The first-order chi connectivity index (χ1) is 13.6. The molecule has 1 saturated carbocycles. The average molecular weight is 379 g/mol. The van der Waals surface area contributed by atoms with Crippen LogP contribution in [-0.4, -0.2) is 32.0 Å². The first-order valence-corrected chi connectivity index (χ1v) is 9.67. The number of anilines is 2. The van der Waals surface area contributed by atoms with Gasteiger partial charge in [-0.15, -0.1) is 0 Å². The lowest BCUT2D eigenvalue weighted by atomic mass is 9.92. The maximum absolute atomic E-state index is 12.5. The van der Waals surface area contributed by atoms with Crippen molar-refractivity contribution in [2.45, 2.75) is 19.3 Å². The molecule has 1 unspecified atom stereocenters. The van der Waals surface area contributed by atoms with Gasteiger partial charge in [-0.25, -0.2) is 0 Å². The summed E-state index contributed by atoms with van der Waals surface area (Å²) < 4.78 is 5.11. The molecule has 1 atom stereocenters. The van der Waals surface area contributed by atoms with E-state index in [1.54, 1.807) is 55.6 Å². The Balaban J connectivity index is 1.33. The molecule has 2 aromatic rings. The molecule has 2 aliphatic rings. The van der Waals surface area contributed by atoms with Crippen LogP contribution < -0.4 is 20.7 Å². The molecule has 2 aromatic carbocycles. The Hall–Kier alpha value is -2.86. The zero-order chi connectivity index (χ0) is 19.6. The van der Waals surface area contributed by atoms with Crippen LogP contribution in [0.3, 0.4) is 0 Å². The molecule has 0 aromatic heterocycles. The Morgan fingerprint density at radius 1 is 0.964 bits per heavy atom. The SMILES string of the molecule is COc1ccc(NC(=O)c2ccc(NC(=O)C3CC34CCNCC4)cc2)cc1. The van der Waals surface area contributed by atoms with Crippen molar-refractivity contribution in [3.05, 3.63) is 54.1 Å². The number of methoxy groups -OCH3 is 1. The fourth-order valence-electron chi connectivity index (χ4n) is 4.01. The van der Waals surface area contributed by atoms with Crippen LogP contribution in [0.15, 0.2) is 48.5 Å². The van der Waals surface area contributed by atoms with Gasteiger partial charge in [-0.05, 0) is 86.3 Å². The van der Waals surface area contributed by atoms with Gasteiger partial charge in [-0.1, -0.05) is 0 Å². The summed E-state index contributed by atoms with van der Waals surface area (Å²) in [5, 5.41) is 9.20. The number of ether oxygens (including phenoxy) is 1. The second-order valence-corrected chi connectivity index (χ2v) is 7.62. The number of nitrogens with one attached hydrogen (secondary N) is 3. The van der Waals surface area contributed by atoms with Gasteiger partial charge in [-0.2, -0.15) is 0 Å². The molecule has 1 spiro atoms. The lowest BCUT2D eigenvalue weighted by Crippen LogP contribution is -2.31. The van der Waals surface area contributed by atoms with E-state index in [9.17, 15) is 9.59 Å². The van der Waals surface area contributed by atoms with Gasteiger partial charge in [0.05, 0.1) is 7.11 Å². The van der Waals surface area contributed by atoms with E-state index in [4.69, 9.17) is 4.74 Å². The normalized spacial score (nSPS) is 19.7. The number of amides is 2. The Bertz CT molecular complexity index is 856. The van der Waals surface area contributed by atoms with E-state index in [-0.39, 0.29) is 23.1 Å². The molecule has 146 valence electrons. The third-order valence-corrected chi connectivity index (χ3v) is 5.87. The lowest BCUT2D eigenvalue weighted by molar-refractivity contribution is -0.118. The monoisotopic (exact) mass is 379 g/mol. The molecule has 6 nitrogen and oxygen atoms in total. The van der Waals surface area contributed by atoms with Gasteiger partial charge in [0.25, 0.3) is 5.91 Å². The molecule has 1 saturated heterocycles. The third-order valence-electron chi connectivity index (χ3n) is 5.87. The Morgan fingerprint density at radius 2 is 1.57 bits per heavy atom. The van der Waals surface area contributed by atoms with E-state index in [1.165, 1.54) is 0 Å². The van der Waals surface area contributed by atoms with Gasteiger partial charge in [0.2, 0.25) is 5.91 Å². The fourth-order valence-corrected chi connectivity index (χ4v) is 4.01. The fraction of sp³-hybridized carbons (Fsp3) is 0.364. The van der Waals surface area contributed by atoms with Crippen molar-refractivity contribution in [3.8, 4) is 5.75 Å². The molecular formula is C22H25N3O3. The molecule has 3 N–H and O–H groups in total. The van der Waals surface area contributed by atoms with Crippen molar-refractivity contribution in [1.29, 1.82) is 0 Å². The summed E-state index contributed by atoms with van der Waals surface area (Å²) in [6.07, 6.45) is 3.15. The minimum atomic E-state index is -0.195. The average Bonchev–Trinajstić information content (AvgIpc) is 3.42. The number of hydrogen-bond acceptors (Lipinski definition) is 4. The van der Waals surface area contributed by atoms with E-state index in [1.807, 2.05) is 0 Å². The van der Waals surface area contributed by atoms with Crippen molar-refractivity contribution >= 4 is 23.2 Å². The molecule has 4 rings (SSSR count). The van der Waals surface area contributed by atoms with Crippen molar-refractivity contribution in [3.63, 3.8) is 0 Å². The van der Waals surface area contributed by atoms with E-state index < -0.39 is 0 Å². The lowest BCUT2D eigenvalue weighted by Gasteiger charge is -2.23. The Morgan fingerprint density at radius 3 is 2.21 bits per heavy atom. The zero-order valence-electron chi connectivity index (χ0n) is 16.0. The number of carbonyl (C=O) groups is 2. The van der Waals surface area contributed by atoms with Gasteiger partial charge in [-0.3, -0.25) is 9.59 Å². The van der Waals surface area contributed by atoms with Gasteiger partial charge >= 0.3 is 0 Å². The number of piperidine rings is 1. The number of hydrogen-bond donors (Lipinski definition) is 3. The van der Waals surface area contributed by atoms with Crippen LogP contribution in [0, 0.1) is 11.3 Å². The second-order valence-electron chi connectivity index (χ2n) is 7.62. The van der Waals surface area contributed by atoms with Gasteiger partial charge < -0.3 is 20.7 Å². The zero-order valence-corrected chi connectivity index (χ0v) is 16.0. The summed E-state index contributed by atoms with van der Waals surface area (Å²) in [4.78, 5) is 24.9. The van der Waals surface area contributed by atoms with Gasteiger partial charge in [0.15, 0.2) is 0 Å². The number of rotatable bonds is 5. The summed E-state index contributed by atoms with van der Waals surface area (Å²) >= 11 is 0. The molecule has 0 radical (unpaired) electrons. The molecule has 1 aliphatic carbocycles. The highest BCUT2D eigenvalue weighted by Crippen LogP contribution is 2.58. The molecule has 2 amide bonds. The highest BCUT2D eigenvalue weighted by molar-refractivity contribution is 6.04. The smallest absolute Gasteiger partial charge is 0.255 e. The molecule has 1 aliphatic heterocycles. The standard InChI is InChI=1S/C22H25N3O3/c1-28-18-8-6-17(7-9-18)24-20(26)15-2-4-16(5-3-15)25-21(27)19-14-22(19)10-12-23-13-11-22/h2-9,19,23H,10-14H2,1H3,(H,24,26)(H,25,27). The quantitative estimate of drug-likeness (QED) is 0.745. The summed E-state index contributed by atoms with van der Waals surface area (Å²) in [7, 11) is 1.60. The van der Waals surface area contributed by atoms with Crippen molar-refractivity contribution in [1.82, 2.24) is 5.32 Å². The van der Waals surface area contributed by atoms with E-state index in [0.717, 1.165) is 43.8 Å². The molecule has 28 heavy (non-hydrogen) atoms. The summed E-state index contributed by atoms with van der Waals surface area (Å²) in [5.74, 6) is 0.754. The van der Waals surface area contributed by atoms with Crippen LogP contribution in [0.1, 0.15) is 29.6 Å². The third kappa shape index (κ3) is 3.87. The van der Waals surface area contributed by atoms with E-state index in [0.29, 0.717) is 11.3 Å². The predicted octanol–water partition coefficient (Wildman–Crippen LogP) is 3.28. The molecular weight excluding hydrogens is 354 g/mol. The number of carbonyl (C=O) groups excluding carboxylic acids is 2. The van der Waals surface area contributed by atoms with Crippen LogP contribution in [0.2, 0.25) is 0 Å². The summed E-state index contributed by atoms with van der Waals surface area (Å²) in [5.41, 5.74) is 2.18. The van der Waals surface area contributed by atoms with Crippen molar-refractivity contribution in [2.24, 2.45) is 11.3 Å². The van der Waals surface area contributed by atoms with Crippen molar-refractivity contribution in [2.75, 3.05) is 30.8 Å². The largest absolute Gasteiger partial charge is 0.497 e. The van der Waals surface area contributed by atoms with Crippen LogP contribution in [0.25, 0.3) is 0 Å². The maximum atomic E-state index is 12.5.